The summed E-state index contributed by atoms with van der Waals surface area (Å²) in [5.74, 6) is -0.593. The first-order valence-corrected chi connectivity index (χ1v) is 12.1. The van der Waals surface area contributed by atoms with E-state index in [4.69, 9.17) is 4.74 Å². The van der Waals surface area contributed by atoms with Crippen molar-refractivity contribution < 1.29 is 27.5 Å². The van der Waals surface area contributed by atoms with Gasteiger partial charge in [0.25, 0.3) is 0 Å². The van der Waals surface area contributed by atoms with E-state index in [2.05, 4.69) is 41.5 Å². The number of rotatable bonds is 8. The number of aromatic nitrogens is 3. The Kier molecular flexibility index (Phi) is 7.88. The van der Waals surface area contributed by atoms with Crippen LogP contribution in [0.1, 0.15) is 47.4 Å². The number of ketones is 1. The highest BCUT2D eigenvalue weighted by Gasteiger charge is 2.44. The van der Waals surface area contributed by atoms with Crippen molar-refractivity contribution in [1.82, 2.24) is 20.3 Å². The molecule has 3 heterocycles. The number of carbonyl (C=O) groups excluding carboxylic acids is 2. The zero-order chi connectivity index (χ0) is 26.6. The van der Waals surface area contributed by atoms with Gasteiger partial charge in [-0.05, 0) is 43.7 Å². The van der Waals surface area contributed by atoms with Gasteiger partial charge in [-0.25, -0.2) is 9.97 Å². The second-order valence-corrected chi connectivity index (χ2v) is 9.71. The molecular weight excluding hydrogens is 555 g/mol. The number of hydrogen-bond donors (Lipinski definition) is 2. The topological polar surface area (TPSA) is 106 Å². The molecule has 4 rings (SSSR count). The van der Waals surface area contributed by atoms with E-state index < -0.39 is 23.2 Å². The van der Waals surface area contributed by atoms with Crippen LogP contribution in [0.15, 0.2) is 59.7 Å². The largest absolute Gasteiger partial charge is 0.418 e. The highest BCUT2D eigenvalue weighted by molar-refractivity contribution is 9.10. The summed E-state index contributed by atoms with van der Waals surface area (Å²) < 4.78 is 46.0. The molecule has 0 aliphatic carbocycles. The van der Waals surface area contributed by atoms with E-state index in [1.807, 2.05) is 0 Å². The Hall–Kier alpha value is -3.38. The van der Waals surface area contributed by atoms with Crippen LogP contribution in [-0.4, -0.2) is 39.9 Å². The van der Waals surface area contributed by atoms with Crippen molar-refractivity contribution in [1.29, 1.82) is 0 Å². The Balaban J connectivity index is 1.44. The molecular formula is C25H23BrF3N5O3. The van der Waals surface area contributed by atoms with Crippen LogP contribution in [0.5, 0.6) is 0 Å². The maximum Gasteiger partial charge on any atom is 0.418 e. The van der Waals surface area contributed by atoms with Crippen LogP contribution in [0.3, 0.4) is 0 Å². The van der Waals surface area contributed by atoms with Gasteiger partial charge in [0.15, 0.2) is 5.78 Å². The number of nitrogens with one attached hydrogen (secondary N) is 2. The zero-order valence-electron chi connectivity index (χ0n) is 19.7. The lowest BCUT2D eigenvalue weighted by molar-refractivity contribution is -0.137. The molecule has 1 fully saturated rings. The minimum Gasteiger partial charge on any atom is -0.380 e. The molecule has 0 bridgehead atoms. The molecule has 2 aromatic heterocycles. The molecule has 3 aromatic rings. The number of halogens is 4. The van der Waals surface area contributed by atoms with Gasteiger partial charge < -0.3 is 15.4 Å². The number of nitrogens with zero attached hydrogens (tertiary/aromatic N) is 3. The maximum atomic E-state index is 13.4. The number of hydrogen-bond acceptors (Lipinski definition) is 7. The summed E-state index contributed by atoms with van der Waals surface area (Å²) in [6.07, 6.45) is 1.33. The Bertz CT molecular complexity index is 1270. The van der Waals surface area contributed by atoms with Crippen LogP contribution < -0.4 is 10.6 Å². The number of pyridine rings is 1. The van der Waals surface area contributed by atoms with Gasteiger partial charge in [0.05, 0.1) is 52.5 Å². The first-order chi connectivity index (χ1) is 17.6. The molecule has 1 aliphatic heterocycles. The van der Waals surface area contributed by atoms with E-state index in [9.17, 15) is 22.8 Å². The standard InChI is InChI=1S/C25H23BrF3N5O3/c1-15(33-23(36)24(6-7-37-13-24)9-22(35)16-10-30-14-31-11-16)20-5-3-18(12-32-20)34-21-4-2-17(26)8-19(21)25(27,28)29/h2-5,8,10-12,14-15,34H,6-7,9,13H2,1H3,(H,33,36)/t15-,24-/m0/s1. The molecule has 1 saturated heterocycles. The van der Waals surface area contributed by atoms with Crippen molar-refractivity contribution >= 4 is 39.0 Å². The van der Waals surface area contributed by atoms with Crippen molar-refractivity contribution in [2.24, 2.45) is 5.41 Å². The maximum absolute atomic E-state index is 13.4. The fourth-order valence-electron chi connectivity index (χ4n) is 4.03. The van der Waals surface area contributed by atoms with E-state index >= 15 is 0 Å². The predicted molar refractivity (Wildman–Crippen MR) is 132 cm³/mol. The van der Waals surface area contributed by atoms with E-state index in [0.717, 1.165) is 6.07 Å². The first-order valence-electron chi connectivity index (χ1n) is 11.3. The van der Waals surface area contributed by atoms with Gasteiger partial charge in [0.1, 0.15) is 6.33 Å². The van der Waals surface area contributed by atoms with Crippen LogP contribution in [-0.2, 0) is 15.7 Å². The van der Waals surface area contributed by atoms with Crippen molar-refractivity contribution in [3.63, 3.8) is 0 Å². The summed E-state index contributed by atoms with van der Waals surface area (Å²) in [6.45, 7) is 2.20. The third-order valence-electron chi connectivity index (χ3n) is 6.11. The summed E-state index contributed by atoms with van der Waals surface area (Å²) >= 11 is 3.07. The molecule has 2 N–H and O–H groups in total. The third-order valence-corrected chi connectivity index (χ3v) is 6.60. The van der Waals surface area contributed by atoms with Gasteiger partial charge in [-0.2, -0.15) is 13.2 Å². The Morgan fingerprint density at radius 1 is 1.16 bits per heavy atom. The van der Waals surface area contributed by atoms with Crippen LogP contribution >= 0.6 is 15.9 Å². The fraction of sp³-hybridized carbons (Fsp3) is 0.320. The van der Waals surface area contributed by atoms with Crippen molar-refractivity contribution in [3.8, 4) is 0 Å². The highest BCUT2D eigenvalue weighted by atomic mass is 79.9. The van der Waals surface area contributed by atoms with E-state index in [0.29, 0.717) is 34.4 Å². The molecule has 0 radical (unpaired) electrons. The van der Waals surface area contributed by atoms with Crippen LogP contribution in [0.4, 0.5) is 24.5 Å². The van der Waals surface area contributed by atoms with Gasteiger partial charge in [0, 0.05) is 29.9 Å². The van der Waals surface area contributed by atoms with Gasteiger partial charge in [0.2, 0.25) is 5.91 Å². The number of amides is 1. The Labute approximate surface area is 219 Å². The average Bonchev–Trinajstić information content (AvgIpc) is 3.35. The van der Waals surface area contributed by atoms with Crippen molar-refractivity contribution in [2.45, 2.75) is 32.0 Å². The van der Waals surface area contributed by atoms with Crippen LogP contribution in [0.25, 0.3) is 0 Å². The lowest BCUT2D eigenvalue weighted by Crippen LogP contribution is -2.44. The number of carbonyl (C=O) groups is 2. The summed E-state index contributed by atoms with van der Waals surface area (Å²) in [4.78, 5) is 38.0. The van der Waals surface area contributed by atoms with E-state index in [-0.39, 0.29) is 30.4 Å². The number of Topliss-reactive ketones (excluding diaryl/α,β-unsaturated/α-hetero) is 1. The summed E-state index contributed by atoms with van der Waals surface area (Å²) in [5, 5.41) is 5.65. The van der Waals surface area contributed by atoms with Crippen molar-refractivity contribution in [2.75, 3.05) is 18.5 Å². The monoisotopic (exact) mass is 577 g/mol. The molecule has 1 amide bonds. The van der Waals surface area contributed by atoms with Gasteiger partial charge >= 0.3 is 6.18 Å². The Morgan fingerprint density at radius 2 is 1.92 bits per heavy atom. The molecule has 0 spiro atoms. The number of anilines is 2. The first kappa shape index (κ1) is 26.7. The third kappa shape index (κ3) is 6.31. The number of benzene rings is 1. The molecule has 194 valence electrons. The van der Waals surface area contributed by atoms with E-state index in [1.54, 1.807) is 19.1 Å². The lowest BCUT2D eigenvalue weighted by Gasteiger charge is -2.27. The van der Waals surface area contributed by atoms with E-state index in [1.165, 1.54) is 37.1 Å². The summed E-state index contributed by atoms with van der Waals surface area (Å²) in [7, 11) is 0. The molecule has 1 aliphatic rings. The Morgan fingerprint density at radius 3 is 2.54 bits per heavy atom. The quantitative estimate of drug-likeness (QED) is 0.352. The van der Waals surface area contributed by atoms with Gasteiger partial charge in [-0.3, -0.25) is 14.6 Å². The molecule has 37 heavy (non-hydrogen) atoms. The number of alkyl halides is 3. The normalized spacial score (nSPS) is 18.3. The molecule has 2 atom stereocenters. The second-order valence-electron chi connectivity index (χ2n) is 8.79. The molecule has 0 unspecified atom stereocenters. The minimum absolute atomic E-state index is 0.0516. The summed E-state index contributed by atoms with van der Waals surface area (Å²) in [5.41, 5.74) is -0.776. The molecule has 12 heteroatoms. The fourth-order valence-corrected chi connectivity index (χ4v) is 4.39. The molecule has 1 aromatic carbocycles. The van der Waals surface area contributed by atoms with Crippen LogP contribution in [0.2, 0.25) is 0 Å². The average molecular weight is 578 g/mol. The SMILES string of the molecule is C[C@H](NC(=O)[C@]1(CC(=O)c2cncnc2)CCOC1)c1ccc(Nc2ccc(Br)cc2C(F)(F)F)cn1. The zero-order valence-corrected chi connectivity index (χ0v) is 21.3. The predicted octanol–water partition coefficient (Wildman–Crippen LogP) is 5.25. The smallest absolute Gasteiger partial charge is 0.380 e. The molecule has 0 saturated carbocycles. The number of ether oxygens (including phenoxy) is 1. The highest BCUT2D eigenvalue weighted by Crippen LogP contribution is 2.38. The minimum atomic E-state index is -4.53. The van der Waals surface area contributed by atoms with Crippen LogP contribution in [0, 0.1) is 5.41 Å². The summed E-state index contributed by atoms with van der Waals surface area (Å²) in [6, 6.07) is 6.52. The van der Waals surface area contributed by atoms with Gasteiger partial charge in [-0.15, -0.1) is 0 Å². The molecule has 8 nitrogen and oxygen atoms in total. The lowest BCUT2D eigenvalue weighted by atomic mass is 9.80. The van der Waals surface area contributed by atoms with Crippen molar-refractivity contribution in [3.05, 3.63) is 76.5 Å². The second kappa shape index (κ2) is 10.9. The van der Waals surface area contributed by atoms with Gasteiger partial charge in [-0.1, -0.05) is 15.9 Å².